The Balaban J connectivity index is 2.01. The second-order valence-electron chi connectivity index (χ2n) is 5.19. The lowest BCUT2D eigenvalue weighted by Crippen LogP contribution is -2.12. The SMILES string of the molecule is CC(Nc1nc(Cl)nc2ccn(CC(=O)O)c12)c1ccccc1. The van der Waals surface area contributed by atoms with E-state index in [0.29, 0.717) is 16.9 Å². The maximum absolute atomic E-state index is 11.0. The Morgan fingerprint density at radius 2 is 2.04 bits per heavy atom. The highest BCUT2D eigenvalue weighted by molar-refractivity contribution is 6.28. The van der Waals surface area contributed by atoms with Crippen molar-refractivity contribution >= 4 is 34.4 Å². The molecule has 7 heteroatoms. The van der Waals surface area contributed by atoms with Crippen LogP contribution in [-0.2, 0) is 11.3 Å². The van der Waals surface area contributed by atoms with Gasteiger partial charge in [-0.1, -0.05) is 30.3 Å². The molecule has 0 fully saturated rings. The average Bonchev–Trinajstić information content (AvgIpc) is 2.90. The van der Waals surface area contributed by atoms with Crippen LogP contribution in [0.4, 0.5) is 5.82 Å². The first-order valence-electron chi connectivity index (χ1n) is 7.10. The summed E-state index contributed by atoms with van der Waals surface area (Å²) in [5.41, 5.74) is 2.32. The molecule has 23 heavy (non-hydrogen) atoms. The highest BCUT2D eigenvalue weighted by Gasteiger charge is 2.15. The quantitative estimate of drug-likeness (QED) is 0.701. The summed E-state index contributed by atoms with van der Waals surface area (Å²) < 4.78 is 1.59. The van der Waals surface area contributed by atoms with E-state index >= 15 is 0 Å². The third-order valence-corrected chi connectivity index (χ3v) is 3.71. The van der Waals surface area contributed by atoms with Crippen molar-refractivity contribution in [3.05, 3.63) is 53.4 Å². The van der Waals surface area contributed by atoms with E-state index in [2.05, 4.69) is 15.3 Å². The van der Waals surface area contributed by atoms with E-state index in [4.69, 9.17) is 16.7 Å². The number of hydrogen-bond donors (Lipinski definition) is 2. The Labute approximate surface area is 137 Å². The lowest BCUT2D eigenvalue weighted by atomic mass is 10.1. The van der Waals surface area contributed by atoms with Gasteiger partial charge in [0.2, 0.25) is 5.28 Å². The first-order chi connectivity index (χ1) is 11.0. The molecule has 3 rings (SSSR count). The molecular formula is C16H15ClN4O2. The van der Waals surface area contributed by atoms with Crippen LogP contribution < -0.4 is 5.32 Å². The number of fused-ring (bicyclic) bond motifs is 1. The van der Waals surface area contributed by atoms with Gasteiger partial charge in [-0.2, -0.15) is 4.98 Å². The number of hydrogen-bond acceptors (Lipinski definition) is 4. The summed E-state index contributed by atoms with van der Waals surface area (Å²) in [7, 11) is 0. The molecule has 0 aliphatic rings. The maximum Gasteiger partial charge on any atom is 0.323 e. The molecule has 0 spiro atoms. The zero-order chi connectivity index (χ0) is 16.4. The van der Waals surface area contributed by atoms with Crippen LogP contribution in [0.15, 0.2) is 42.6 Å². The Hall–Kier alpha value is -2.60. The van der Waals surface area contributed by atoms with E-state index in [0.717, 1.165) is 5.56 Å². The van der Waals surface area contributed by atoms with Crippen molar-refractivity contribution in [2.24, 2.45) is 0 Å². The summed E-state index contributed by atoms with van der Waals surface area (Å²) in [6.07, 6.45) is 1.67. The highest BCUT2D eigenvalue weighted by atomic mass is 35.5. The Morgan fingerprint density at radius 1 is 1.30 bits per heavy atom. The molecule has 3 aromatic rings. The lowest BCUT2D eigenvalue weighted by Gasteiger charge is -2.16. The van der Waals surface area contributed by atoms with E-state index in [1.54, 1.807) is 16.8 Å². The standard InChI is InChI=1S/C16H15ClN4O2/c1-10(11-5-3-2-4-6-11)18-15-14-12(19-16(17)20-15)7-8-21(14)9-13(22)23/h2-8,10H,9H2,1H3,(H,22,23)(H,18,19,20). The normalized spacial score (nSPS) is 12.3. The molecule has 2 aromatic heterocycles. The van der Waals surface area contributed by atoms with Crippen LogP contribution in [0.25, 0.3) is 11.0 Å². The van der Waals surface area contributed by atoms with E-state index in [1.165, 1.54) is 0 Å². The molecule has 0 bridgehead atoms. The molecule has 2 heterocycles. The van der Waals surface area contributed by atoms with E-state index in [-0.39, 0.29) is 17.9 Å². The van der Waals surface area contributed by atoms with Crippen molar-refractivity contribution in [2.45, 2.75) is 19.5 Å². The van der Waals surface area contributed by atoms with E-state index < -0.39 is 5.97 Å². The van der Waals surface area contributed by atoms with Gasteiger partial charge in [-0.25, -0.2) is 4.98 Å². The van der Waals surface area contributed by atoms with Crippen molar-refractivity contribution in [3.63, 3.8) is 0 Å². The zero-order valence-corrected chi connectivity index (χ0v) is 13.2. The number of carboxylic acids is 1. The molecule has 0 aliphatic carbocycles. The van der Waals surface area contributed by atoms with Crippen molar-refractivity contribution in [1.29, 1.82) is 0 Å². The minimum Gasteiger partial charge on any atom is -0.480 e. The minimum absolute atomic E-state index is 0.0152. The number of anilines is 1. The lowest BCUT2D eigenvalue weighted by molar-refractivity contribution is -0.137. The summed E-state index contributed by atoms with van der Waals surface area (Å²) in [5, 5.41) is 12.5. The Kier molecular flexibility index (Phi) is 4.16. The van der Waals surface area contributed by atoms with Gasteiger partial charge in [0.05, 0.1) is 11.6 Å². The first-order valence-corrected chi connectivity index (χ1v) is 7.48. The summed E-state index contributed by atoms with van der Waals surface area (Å²) in [6.45, 7) is 1.84. The van der Waals surface area contributed by atoms with Crippen LogP contribution in [0.1, 0.15) is 18.5 Å². The van der Waals surface area contributed by atoms with Gasteiger partial charge in [0.15, 0.2) is 5.82 Å². The van der Waals surface area contributed by atoms with Crippen molar-refractivity contribution in [2.75, 3.05) is 5.32 Å². The monoisotopic (exact) mass is 330 g/mol. The van der Waals surface area contributed by atoms with Crippen LogP contribution in [0.5, 0.6) is 0 Å². The topological polar surface area (TPSA) is 80.0 Å². The number of carbonyl (C=O) groups is 1. The molecule has 1 unspecified atom stereocenters. The number of carboxylic acid groups (broad SMARTS) is 1. The smallest absolute Gasteiger partial charge is 0.323 e. The Bertz CT molecular complexity index is 848. The highest BCUT2D eigenvalue weighted by Crippen LogP contribution is 2.27. The van der Waals surface area contributed by atoms with Crippen LogP contribution in [0.2, 0.25) is 5.28 Å². The van der Waals surface area contributed by atoms with E-state index in [9.17, 15) is 4.79 Å². The van der Waals surface area contributed by atoms with Crippen LogP contribution >= 0.6 is 11.6 Å². The molecule has 0 aliphatic heterocycles. The number of aliphatic carboxylic acids is 1. The number of aromatic nitrogens is 3. The first kappa shape index (κ1) is 15.3. The van der Waals surface area contributed by atoms with Gasteiger partial charge in [0, 0.05) is 6.20 Å². The number of benzene rings is 1. The van der Waals surface area contributed by atoms with Crippen molar-refractivity contribution in [1.82, 2.24) is 14.5 Å². The molecule has 1 aromatic carbocycles. The molecule has 0 saturated heterocycles. The number of halogens is 1. The molecule has 0 saturated carbocycles. The summed E-state index contributed by atoms with van der Waals surface area (Å²) in [6, 6.07) is 11.6. The van der Waals surface area contributed by atoms with Gasteiger partial charge in [-0.05, 0) is 30.2 Å². The minimum atomic E-state index is -0.931. The van der Waals surface area contributed by atoms with Crippen LogP contribution in [0.3, 0.4) is 0 Å². The maximum atomic E-state index is 11.0. The molecule has 6 nitrogen and oxygen atoms in total. The fourth-order valence-corrected chi connectivity index (χ4v) is 2.66. The van der Waals surface area contributed by atoms with Crippen molar-refractivity contribution in [3.8, 4) is 0 Å². The van der Waals surface area contributed by atoms with Gasteiger partial charge >= 0.3 is 5.97 Å². The number of nitrogens with one attached hydrogen (secondary N) is 1. The second kappa shape index (κ2) is 6.26. The largest absolute Gasteiger partial charge is 0.480 e. The zero-order valence-electron chi connectivity index (χ0n) is 12.4. The van der Waals surface area contributed by atoms with Crippen LogP contribution in [-0.4, -0.2) is 25.6 Å². The number of nitrogens with zero attached hydrogens (tertiary/aromatic N) is 3. The predicted molar refractivity (Wildman–Crippen MR) is 88.7 cm³/mol. The second-order valence-corrected chi connectivity index (χ2v) is 5.53. The molecule has 1 atom stereocenters. The fraction of sp³-hybridized carbons (Fsp3) is 0.188. The predicted octanol–water partition coefficient (Wildman–Crippen LogP) is 3.34. The molecule has 0 amide bonds. The Morgan fingerprint density at radius 3 is 2.74 bits per heavy atom. The van der Waals surface area contributed by atoms with Gasteiger partial charge in [-0.15, -0.1) is 0 Å². The third kappa shape index (κ3) is 3.27. The van der Waals surface area contributed by atoms with Gasteiger partial charge in [0.1, 0.15) is 12.1 Å². The number of rotatable bonds is 5. The third-order valence-electron chi connectivity index (χ3n) is 3.54. The van der Waals surface area contributed by atoms with Gasteiger partial charge in [-0.3, -0.25) is 4.79 Å². The molecule has 118 valence electrons. The summed E-state index contributed by atoms with van der Waals surface area (Å²) >= 11 is 5.98. The summed E-state index contributed by atoms with van der Waals surface area (Å²) in [4.78, 5) is 19.4. The molecular weight excluding hydrogens is 316 g/mol. The van der Waals surface area contributed by atoms with Crippen molar-refractivity contribution < 1.29 is 9.90 Å². The van der Waals surface area contributed by atoms with Gasteiger partial charge < -0.3 is 15.0 Å². The van der Waals surface area contributed by atoms with Gasteiger partial charge in [0.25, 0.3) is 0 Å². The molecule has 0 radical (unpaired) electrons. The molecule has 2 N–H and O–H groups in total. The summed E-state index contributed by atoms with van der Waals surface area (Å²) in [5.74, 6) is -0.415. The van der Waals surface area contributed by atoms with Crippen LogP contribution in [0, 0.1) is 0 Å². The fourth-order valence-electron chi connectivity index (χ4n) is 2.49. The van der Waals surface area contributed by atoms with E-state index in [1.807, 2.05) is 37.3 Å². The average molecular weight is 331 g/mol.